The van der Waals surface area contributed by atoms with Gasteiger partial charge in [-0.05, 0) is 23.6 Å². The number of amides is 2. The van der Waals surface area contributed by atoms with Crippen LogP contribution in [0.5, 0.6) is 0 Å². The maximum atomic E-state index is 13.8. The van der Waals surface area contributed by atoms with Crippen molar-refractivity contribution in [2.75, 3.05) is 26.9 Å². The maximum absolute atomic E-state index is 13.8. The van der Waals surface area contributed by atoms with Gasteiger partial charge in [-0.15, -0.1) is 0 Å². The molecule has 2 atom stereocenters. The minimum Gasteiger partial charge on any atom is -0.453 e. The van der Waals surface area contributed by atoms with E-state index < -0.39 is 24.0 Å². The fraction of sp³-hybridized carbons (Fsp3) is 0.560. The van der Waals surface area contributed by atoms with E-state index in [0.717, 1.165) is 15.7 Å². The van der Waals surface area contributed by atoms with Crippen LogP contribution in [0.3, 0.4) is 0 Å². The summed E-state index contributed by atoms with van der Waals surface area (Å²) in [5.41, 5.74) is 1.72. The summed E-state index contributed by atoms with van der Waals surface area (Å²) in [6, 6.07) is 6.74. The number of aromatic amines is 1. The molecule has 0 saturated carbocycles. The van der Waals surface area contributed by atoms with Gasteiger partial charge in [0, 0.05) is 16.3 Å². The molecule has 2 aromatic rings. The number of ether oxygens (including phenoxy) is 3. The minimum atomic E-state index is -0.923. The molecular weight excluding hydrogens is 516 g/mol. The summed E-state index contributed by atoms with van der Waals surface area (Å²) in [6.07, 6.45) is 1.56. The molecular formula is C25H33BrN4O5. The standard InChI is InChI=1S/C25H33BrN4O5/c1-15(2)20(29-23(32)33-5)22(31)30-12-25(34-13-24(3,4)14-35-25)10-19(30)21-27-11-18(28-21)16-6-8-17(26)9-7-16/h6-9,11,15,19-20H,10,12-14H2,1-5H3,(H,27,28)(H,29,32)/t19-,20-/m0/s1. The quantitative estimate of drug-likeness (QED) is 0.578. The van der Waals surface area contributed by atoms with Gasteiger partial charge in [-0.25, -0.2) is 9.78 Å². The number of nitrogens with zero attached hydrogens (tertiary/aromatic N) is 2. The third-order valence-corrected chi connectivity index (χ3v) is 7.01. The lowest BCUT2D eigenvalue weighted by Crippen LogP contribution is -2.53. The molecule has 3 heterocycles. The maximum Gasteiger partial charge on any atom is 0.407 e. The van der Waals surface area contributed by atoms with E-state index in [1.54, 1.807) is 11.1 Å². The van der Waals surface area contributed by atoms with Crippen LogP contribution in [0, 0.1) is 11.3 Å². The second kappa shape index (κ2) is 9.91. The molecule has 2 saturated heterocycles. The van der Waals surface area contributed by atoms with Gasteiger partial charge in [0.2, 0.25) is 5.91 Å². The molecule has 4 rings (SSSR count). The van der Waals surface area contributed by atoms with Crippen molar-refractivity contribution >= 4 is 27.9 Å². The SMILES string of the molecule is COC(=O)N[C@H](C(=O)N1CC2(C[C@H]1c1ncc(-c3ccc(Br)cc3)[nH]1)OCC(C)(C)CO2)C(C)C. The molecule has 0 radical (unpaired) electrons. The number of imidazole rings is 1. The number of aromatic nitrogens is 2. The lowest BCUT2D eigenvalue weighted by atomic mass is 9.94. The highest BCUT2D eigenvalue weighted by molar-refractivity contribution is 9.10. The molecule has 2 amide bonds. The molecule has 9 nitrogen and oxygen atoms in total. The topological polar surface area (TPSA) is 106 Å². The van der Waals surface area contributed by atoms with Gasteiger partial charge in [-0.3, -0.25) is 4.79 Å². The zero-order chi connectivity index (χ0) is 25.4. The number of alkyl carbamates (subject to hydrolysis) is 1. The zero-order valence-corrected chi connectivity index (χ0v) is 22.3. The largest absolute Gasteiger partial charge is 0.453 e. The Bertz CT molecular complexity index is 1060. The van der Waals surface area contributed by atoms with E-state index in [4.69, 9.17) is 14.2 Å². The Morgan fingerprint density at radius 3 is 2.49 bits per heavy atom. The molecule has 0 aliphatic carbocycles. The molecule has 2 aliphatic rings. The summed E-state index contributed by atoms with van der Waals surface area (Å²) in [5, 5.41) is 2.69. The number of carbonyl (C=O) groups is 2. The summed E-state index contributed by atoms with van der Waals surface area (Å²) >= 11 is 3.46. The number of hydrogen-bond acceptors (Lipinski definition) is 6. The van der Waals surface area contributed by atoms with Crippen molar-refractivity contribution < 1.29 is 23.8 Å². The van der Waals surface area contributed by atoms with Crippen LogP contribution in [-0.2, 0) is 19.0 Å². The summed E-state index contributed by atoms with van der Waals surface area (Å²) in [4.78, 5) is 35.5. The Morgan fingerprint density at radius 2 is 1.89 bits per heavy atom. The first-order valence-electron chi connectivity index (χ1n) is 11.8. The van der Waals surface area contributed by atoms with Crippen LogP contribution in [0.15, 0.2) is 34.9 Å². The van der Waals surface area contributed by atoms with Crippen LogP contribution in [0.4, 0.5) is 4.79 Å². The summed E-state index contributed by atoms with van der Waals surface area (Å²) < 4.78 is 18.2. The number of nitrogens with one attached hydrogen (secondary N) is 2. The number of carbonyl (C=O) groups excluding carboxylic acids is 2. The third-order valence-electron chi connectivity index (χ3n) is 6.48. The van der Waals surface area contributed by atoms with Crippen molar-refractivity contribution in [3.63, 3.8) is 0 Å². The van der Waals surface area contributed by atoms with Gasteiger partial charge in [0.15, 0.2) is 5.79 Å². The molecule has 10 heteroatoms. The van der Waals surface area contributed by atoms with Crippen LogP contribution in [0.2, 0.25) is 0 Å². The van der Waals surface area contributed by atoms with Crippen molar-refractivity contribution in [1.82, 2.24) is 20.2 Å². The van der Waals surface area contributed by atoms with Crippen molar-refractivity contribution in [3.8, 4) is 11.3 Å². The van der Waals surface area contributed by atoms with Crippen LogP contribution >= 0.6 is 15.9 Å². The van der Waals surface area contributed by atoms with Crippen molar-refractivity contribution in [2.24, 2.45) is 11.3 Å². The Morgan fingerprint density at radius 1 is 1.23 bits per heavy atom. The molecule has 2 aliphatic heterocycles. The Labute approximate surface area is 214 Å². The molecule has 1 spiro atoms. The minimum absolute atomic E-state index is 0.107. The van der Waals surface area contributed by atoms with E-state index in [1.165, 1.54) is 7.11 Å². The summed E-state index contributed by atoms with van der Waals surface area (Å²) in [7, 11) is 1.28. The first-order chi connectivity index (χ1) is 16.5. The monoisotopic (exact) mass is 548 g/mol. The molecule has 0 bridgehead atoms. The van der Waals surface area contributed by atoms with Gasteiger partial charge in [0.05, 0.1) is 44.8 Å². The number of likely N-dealkylation sites (tertiary alicyclic amines) is 1. The Kier molecular flexibility index (Phi) is 7.26. The van der Waals surface area contributed by atoms with Crippen molar-refractivity contribution in [2.45, 2.75) is 52.0 Å². The Balaban J connectivity index is 1.65. The van der Waals surface area contributed by atoms with Gasteiger partial charge in [0.25, 0.3) is 0 Å². The summed E-state index contributed by atoms with van der Waals surface area (Å²) in [6.45, 7) is 9.23. The zero-order valence-electron chi connectivity index (χ0n) is 20.8. The van der Waals surface area contributed by atoms with E-state index in [-0.39, 0.29) is 23.8 Å². The van der Waals surface area contributed by atoms with Crippen LogP contribution in [-0.4, -0.2) is 65.6 Å². The molecule has 1 aromatic heterocycles. The van der Waals surface area contributed by atoms with E-state index >= 15 is 0 Å². The van der Waals surface area contributed by atoms with Crippen molar-refractivity contribution in [3.05, 3.63) is 40.8 Å². The lowest BCUT2D eigenvalue weighted by Gasteiger charge is -2.41. The predicted molar refractivity (Wildman–Crippen MR) is 133 cm³/mol. The Hall–Kier alpha value is -2.43. The average Bonchev–Trinajstić information content (AvgIpc) is 3.45. The van der Waals surface area contributed by atoms with Crippen LogP contribution < -0.4 is 5.32 Å². The fourth-order valence-corrected chi connectivity index (χ4v) is 4.69. The van der Waals surface area contributed by atoms with Gasteiger partial charge < -0.3 is 29.4 Å². The average molecular weight is 549 g/mol. The highest BCUT2D eigenvalue weighted by atomic mass is 79.9. The highest BCUT2D eigenvalue weighted by Gasteiger charge is 2.53. The lowest BCUT2D eigenvalue weighted by molar-refractivity contribution is -0.290. The number of H-pyrrole nitrogens is 1. The second-order valence-corrected chi connectivity index (χ2v) is 11.3. The fourth-order valence-electron chi connectivity index (χ4n) is 4.42. The first-order valence-corrected chi connectivity index (χ1v) is 12.6. The van der Waals surface area contributed by atoms with E-state index in [1.807, 2.05) is 38.1 Å². The van der Waals surface area contributed by atoms with Gasteiger partial charge in [-0.2, -0.15) is 0 Å². The smallest absolute Gasteiger partial charge is 0.407 e. The number of halogens is 1. The van der Waals surface area contributed by atoms with E-state index in [0.29, 0.717) is 25.5 Å². The van der Waals surface area contributed by atoms with Crippen molar-refractivity contribution in [1.29, 1.82) is 0 Å². The highest BCUT2D eigenvalue weighted by Crippen LogP contribution is 2.44. The van der Waals surface area contributed by atoms with Crippen LogP contribution in [0.1, 0.15) is 46.0 Å². The molecule has 35 heavy (non-hydrogen) atoms. The number of hydrogen-bond donors (Lipinski definition) is 2. The normalized spacial score (nSPS) is 21.8. The summed E-state index contributed by atoms with van der Waals surface area (Å²) in [5.74, 6) is -0.662. The first kappa shape index (κ1) is 25.7. The van der Waals surface area contributed by atoms with Gasteiger partial charge >= 0.3 is 6.09 Å². The molecule has 1 aromatic carbocycles. The number of benzene rings is 1. The molecule has 190 valence electrons. The second-order valence-electron chi connectivity index (χ2n) is 10.4. The molecule has 2 N–H and O–H groups in total. The van der Waals surface area contributed by atoms with E-state index in [9.17, 15) is 9.59 Å². The molecule has 0 unspecified atom stereocenters. The van der Waals surface area contributed by atoms with E-state index in [2.05, 4.69) is 45.1 Å². The molecule has 2 fully saturated rings. The third kappa shape index (κ3) is 5.54. The number of rotatable bonds is 5. The van der Waals surface area contributed by atoms with Gasteiger partial charge in [0.1, 0.15) is 11.9 Å². The van der Waals surface area contributed by atoms with Gasteiger partial charge in [-0.1, -0.05) is 55.8 Å². The predicted octanol–water partition coefficient (Wildman–Crippen LogP) is 4.26. The number of methoxy groups -OCH3 is 1. The van der Waals surface area contributed by atoms with Crippen LogP contribution in [0.25, 0.3) is 11.3 Å².